The summed E-state index contributed by atoms with van der Waals surface area (Å²) < 4.78 is 5.20. The normalized spacial score (nSPS) is 10.8. The van der Waals surface area contributed by atoms with Crippen molar-refractivity contribution in [3.63, 3.8) is 0 Å². The van der Waals surface area contributed by atoms with Crippen LogP contribution in [0.25, 0.3) is 11.4 Å². The third-order valence-corrected chi connectivity index (χ3v) is 3.79. The summed E-state index contributed by atoms with van der Waals surface area (Å²) in [4.78, 5) is 20.5. The molecule has 3 aromatic rings. The van der Waals surface area contributed by atoms with Gasteiger partial charge in [-0.05, 0) is 35.7 Å². The largest absolute Gasteiger partial charge is 0.339 e. The summed E-state index contributed by atoms with van der Waals surface area (Å²) in [5.41, 5.74) is 2.78. The van der Waals surface area contributed by atoms with Crippen LogP contribution in [0.4, 0.5) is 5.69 Å². The molecule has 6 nitrogen and oxygen atoms in total. The molecule has 0 saturated carbocycles. The Morgan fingerprint density at radius 1 is 1.24 bits per heavy atom. The van der Waals surface area contributed by atoms with Crippen molar-refractivity contribution < 1.29 is 9.32 Å². The summed E-state index contributed by atoms with van der Waals surface area (Å²) in [6.07, 6.45) is 4.02. The van der Waals surface area contributed by atoms with Crippen LogP contribution >= 0.6 is 0 Å². The number of anilines is 1. The number of aromatic nitrogens is 3. The SMILES string of the molecule is CC(C)c1cccc(NC(=O)CCc2nc(-c3cccnc3)no2)c1. The van der Waals surface area contributed by atoms with Gasteiger partial charge in [-0.1, -0.05) is 31.1 Å². The number of amides is 1. The van der Waals surface area contributed by atoms with Crippen LogP contribution in [0.15, 0.2) is 53.3 Å². The van der Waals surface area contributed by atoms with E-state index in [9.17, 15) is 4.79 Å². The third-order valence-electron chi connectivity index (χ3n) is 3.79. The van der Waals surface area contributed by atoms with E-state index >= 15 is 0 Å². The van der Waals surface area contributed by atoms with Gasteiger partial charge in [-0.25, -0.2) is 0 Å². The Bertz CT molecular complexity index is 843. The maximum Gasteiger partial charge on any atom is 0.227 e. The second-order valence-corrected chi connectivity index (χ2v) is 6.08. The Hall–Kier alpha value is -3.02. The third kappa shape index (κ3) is 4.50. The number of benzene rings is 1. The molecule has 0 unspecified atom stereocenters. The average molecular weight is 336 g/mol. The molecule has 25 heavy (non-hydrogen) atoms. The molecule has 0 saturated heterocycles. The van der Waals surface area contributed by atoms with Crippen molar-refractivity contribution in [2.24, 2.45) is 0 Å². The summed E-state index contributed by atoms with van der Waals surface area (Å²) in [6, 6.07) is 11.6. The van der Waals surface area contributed by atoms with Crippen molar-refractivity contribution in [1.29, 1.82) is 0 Å². The van der Waals surface area contributed by atoms with Crippen molar-refractivity contribution in [1.82, 2.24) is 15.1 Å². The molecular formula is C19H20N4O2. The van der Waals surface area contributed by atoms with Crippen molar-refractivity contribution in [2.75, 3.05) is 5.32 Å². The topological polar surface area (TPSA) is 80.9 Å². The number of nitrogens with zero attached hydrogens (tertiary/aromatic N) is 3. The summed E-state index contributed by atoms with van der Waals surface area (Å²) >= 11 is 0. The van der Waals surface area contributed by atoms with Crippen LogP contribution in [0, 0.1) is 0 Å². The molecule has 0 aliphatic heterocycles. The van der Waals surface area contributed by atoms with E-state index in [2.05, 4.69) is 40.4 Å². The number of carbonyl (C=O) groups is 1. The highest BCUT2D eigenvalue weighted by Crippen LogP contribution is 2.19. The molecule has 0 bridgehead atoms. The first-order valence-corrected chi connectivity index (χ1v) is 8.24. The van der Waals surface area contributed by atoms with Gasteiger partial charge in [0, 0.05) is 36.5 Å². The molecule has 0 atom stereocenters. The van der Waals surface area contributed by atoms with E-state index in [1.165, 1.54) is 5.56 Å². The number of aryl methyl sites for hydroxylation is 1. The fourth-order valence-corrected chi connectivity index (χ4v) is 2.39. The molecular weight excluding hydrogens is 316 g/mol. The Kier molecular flexibility index (Phi) is 5.18. The van der Waals surface area contributed by atoms with E-state index in [4.69, 9.17) is 4.52 Å². The van der Waals surface area contributed by atoms with Crippen LogP contribution in [-0.4, -0.2) is 21.0 Å². The molecule has 2 aromatic heterocycles. The van der Waals surface area contributed by atoms with Crippen molar-refractivity contribution in [2.45, 2.75) is 32.6 Å². The summed E-state index contributed by atoms with van der Waals surface area (Å²) in [5.74, 6) is 1.25. The summed E-state index contributed by atoms with van der Waals surface area (Å²) in [5, 5.41) is 6.83. The first-order chi connectivity index (χ1) is 12.1. The maximum absolute atomic E-state index is 12.1. The zero-order valence-electron chi connectivity index (χ0n) is 14.3. The average Bonchev–Trinajstić information content (AvgIpc) is 3.10. The van der Waals surface area contributed by atoms with Crippen LogP contribution in [0.2, 0.25) is 0 Å². The molecule has 0 fully saturated rings. The van der Waals surface area contributed by atoms with E-state index < -0.39 is 0 Å². The lowest BCUT2D eigenvalue weighted by Gasteiger charge is -2.09. The first kappa shape index (κ1) is 16.8. The van der Waals surface area contributed by atoms with E-state index in [-0.39, 0.29) is 12.3 Å². The second-order valence-electron chi connectivity index (χ2n) is 6.08. The predicted molar refractivity (Wildman–Crippen MR) is 95.0 cm³/mol. The van der Waals surface area contributed by atoms with E-state index in [1.54, 1.807) is 12.4 Å². The molecule has 1 aromatic carbocycles. The standard InChI is InChI=1S/C19H20N4O2/c1-13(2)14-5-3-7-16(11-14)21-17(24)8-9-18-22-19(23-25-18)15-6-4-10-20-12-15/h3-7,10-13H,8-9H2,1-2H3,(H,21,24). The number of pyridine rings is 1. The minimum Gasteiger partial charge on any atom is -0.339 e. The molecule has 0 spiro atoms. The molecule has 0 aliphatic rings. The van der Waals surface area contributed by atoms with Gasteiger partial charge in [0.2, 0.25) is 17.6 Å². The molecule has 1 N–H and O–H groups in total. The van der Waals surface area contributed by atoms with Gasteiger partial charge in [0.25, 0.3) is 0 Å². The lowest BCUT2D eigenvalue weighted by molar-refractivity contribution is -0.116. The highest BCUT2D eigenvalue weighted by Gasteiger charge is 2.11. The van der Waals surface area contributed by atoms with Gasteiger partial charge in [-0.3, -0.25) is 9.78 Å². The van der Waals surface area contributed by atoms with Gasteiger partial charge >= 0.3 is 0 Å². The van der Waals surface area contributed by atoms with Crippen LogP contribution < -0.4 is 5.32 Å². The van der Waals surface area contributed by atoms with E-state index in [1.807, 2.05) is 30.3 Å². The highest BCUT2D eigenvalue weighted by atomic mass is 16.5. The summed E-state index contributed by atoms with van der Waals surface area (Å²) in [7, 11) is 0. The molecule has 2 heterocycles. The zero-order chi connectivity index (χ0) is 17.6. The maximum atomic E-state index is 12.1. The molecule has 6 heteroatoms. The Labute approximate surface area is 146 Å². The number of nitrogens with one attached hydrogen (secondary N) is 1. The smallest absolute Gasteiger partial charge is 0.227 e. The van der Waals surface area contributed by atoms with Gasteiger partial charge in [0.15, 0.2) is 0 Å². The van der Waals surface area contributed by atoms with Crippen LogP contribution in [0.5, 0.6) is 0 Å². The first-order valence-electron chi connectivity index (χ1n) is 8.24. The lowest BCUT2D eigenvalue weighted by Crippen LogP contribution is -2.12. The molecule has 3 rings (SSSR count). The fourth-order valence-electron chi connectivity index (χ4n) is 2.39. The molecule has 1 amide bonds. The zero-order valence-corrected chi connectivity index (χ0v) is 14.3. The molecule has 0 aliphatic carbocycles. The monoisotopic (exact) mass is 336 g/mol. The Morgan fingerprint density at radius 2 is 2.12 bits per heavy atom. The van der Waals surface area contributed by atoms with E-state index in [0.717, 1.165) is 11.3 Å². The number of carbonyl (C=O) groups excluding carboxylic acids is 1. The minimum atomic E-state index is -0.0815. The van der Waals surface area contributed by atoms with Gasteiger partial charge in [0.1, 0.15) is 0 Å². The lowest BCUT2D eigenvalue weighted by atomic mass is 10.0. The van der Waals surface area contributed by atoms with Gasteiger partial charge < -0.3 is 9.84 Å². The van der Waals surface area contributed by atoms with E-state index in [0.29, 0.717) is 24.1 Å². The van der Waals surface area contributed by atoms with Crippen molar-refractivity contribution in [3.8, 4) is 11.4 Å². The van der Waals surface area contributed by atoms with Gasteiger partial charge in [-0.2, -0.15) is 4.98 Å². The molecule has 0 radical (unpaired) electrons. The van der Waals surface area contributed by atoms with Crippen molar-refractivity contribution >= 4 is 11.6 Å². The number of hydrogen-bond donors (Lipinski definition) is 1. The fraction of sp³-hybridized carbons (Fsp3) is 0.263. The van der Waals surface area contributed by atoms with Crippen molar-refractivity contribution in [3.05, 3.63) is 60.2 Å². The van der Waals surface area contributed by atoms with Crippen LogP contribution in [0.3, 0.4) is 0 Å². The van der Waals surface area contributed by atoms with Crippen LogP contribution in [0.1, 0.15) is 37.6 Å². The van der Waals surface area contributed by atoms with Gasteiger partial charge in [-0.15, -0.1) is 0 Å². The predicted octanol–water partition coefficient (Wildman–Crippen LogP) is 3.83. The number of rotatable bonds is 6. The van der Waals surface area contributed by atoms with Crippen LogP contribution in [-0.2, 0) is 11.2 Å². The Morgan fingerprint density at radius 3 is 2.88 bits per heavy atom. The second kappa shape index (κ2) is 7.70. The van der Waals surface area contributed by atoms with Gasteiger partial charge in [0.05, 0.1) is 0 Å². The summed E-state index contributed by atoms with van der Waals surface area (Å²) in [6.45, 7) is 4.24. The highest BCUT2D eigenvalue weighted by molar-refractivity contribution is 5.90. The molecule has 128 valence electrons. The Balaban J connectivity index is 1.56. The number of hydrogen-bond acceptors (Lipinski definition) is 5. The minimum absolute atomic E-state index is 0.0815. The quantitative estimate of drug-likeness (QED) is 0.740.